The zero-order chi connectivity index (χ0) is 12.5. The van der Waals surface area contributed by atoms with Gasteiger partial charge in [-0.1, -0.05) is 0 Å². The molecule has 0 fully saturated rings. The van der Waals surface area contributed by atoms with Crippen LogP contribution in [0.1, 0.15) is 25.6 Å². The number of thiophene rings is 1. The predicted molar refractivity (Wildman–Crippen MR) is 79.7 cm³/mol. The number of nitrogens with one attached hydrogen (secondary N) is 1. The molecule has 0 atom stereocenters. The number of halogens is 1. The maximum atomic E-state index is 4.47. The normalized spacial score (nSPS) is 12.0. The van der Waals surface area contributed by atoms with Crippen LogP contribution in [0.3, 0.4) is 0 Å². The zero-order valence-electron chi connectivity index (χ0n) is 10.1. The minimum atomic E-state index is 0.149. The van der Waals surface area contributed by atoms with Crippen LogP contribution in [0.4, 0.5) is 0 Å². The Kier molecular flexibility index (Phi) is 4.02. The summed E-state index contributed by atoms with van der Waals surface area (Å²) in [5.41, 5.74) is 0.149. The molecule has 5 heteroatoms. The summed E-state index contributed by atoms with van der Waals surface area (Å²) in [6, 6.07) is 2.12. The molecule has 2 nitrogen and oxygen atoms in total. The van der Waals surface area contributed by atoms with E-state index in [1.807, 2.05) is 6.20 Å². The minimum absolute atomic E-state index is 0.149. The fourth-order valence-corrected chi connectivity index (χ4v) is 3.63. The lowest BCUT2D eigenvalue weighted by Gasteiger charge is -2.19. The molecule has 0 unspecified atom stereocenters. The first kappa shape index (κ1) is 13.2. The summed E-state index contributed by atoms with van der Waals surface area (Å²) in [5.74, 6) is 0. The summed E-state index contributed by atoms with van der Waals surface area (Å²) in [4.78, 5) is 6.97. The molecule has 17 heavy (non-hydrogen) atoms. The van der Waals surface area contributed by atoms with Gasteiger partial charge in [-0.2, -0.15) is 0 Å². The van der Waals surface area contributed by atoms with Crippen molar-refractivity contribution in [2.75, 3.05) is 0 Å². The van der Waals surface area contributed by atoms with Crippen molar-refractivity contribution < 1.29 is 0 Å². The van der Waals surface area contributed by atoms with Crippen LogP contribution in [0, 0.1) is 0 Å². The number of hydrogen-bond acceptors (Lipinski definition) is 4. The maximum absolute atomic E-state index is 4.47. The molecule has 1 N–H and O–H groups in total. The van der Waals surface area contributed by atoms with Crippen molar-refractivity contribution in [2.45, 2.75) is 32.9 Å². The van der Waals surface area contributed by atoms with E-state index in [1.165, 1.54) is 9.75 Å². The van der Waals surface area contributed by atoms with Crippen molar-refractivity contribution in [1.82, 2.24) is 10.3 Å². The molecule has 0 radical (unpaired) electrons. The summed E-state index contributed by atoms with van der Waals surface area (Å²) in [6.07, 6.45) is 1.96. The lowest BCUT2D eigenvalue weighted by atomic mass is 10.1. The summed E-state index contributed by atoms with van der Waals surface area (Å²) in [7, 11) is 0. The summed E-state index contributed by atoms with van der Waals surface area (Å²) in [6.45, 7) is 7.40. The Hall–Kier alpha value is -0.230. The molecule has 0 saturated carbocycles. The third-order valence-electron chi connectivity index (χ3n) is 2.12. The third kappa shape index (κ3) is 3.88. The maximum Gasteiger partial charge on any atom is 0.133 e. The Labute approximate surface area is 118 Å². The molecule has 0 aromatic carbocycles. The van der Waals surface area contributed by atoms with Gasteiger partial charge in [0, 0.05) is 33.0 Å². The highest BCUT2D eigenvalue weighted by molar-refractivity contribution is 9.10. The highest BCUT2D eigenvalue weighted by Gasteiger charge is 2.11. The van der Waals surface area contributed by atoms with Gasteiger partial charge in [-0.3, -0.25) is 0 Å². The standard InChI is InChI=1S/C12H15BrN2S2/c1-12(2,3)15-6-9-5-14-11(17-9)10-4-8(13)7-16-10/h4-5,7,15H,6H2,1-3H3. The average Bonchev–Trinajstić information content (AvgIpc) is 2.81. The molecular formula is C12H15BrN2S2. The van der Waals surface area contributed by atoms with E-state index in [4.69, 9.17) is 0 Å². The quantitative estimate of drug-likeness (QED) is 0.894. The molecule has 0 bridgehead atoms. The number of thiazole rings is 1. The van der Waals surface area contributed by atoms with Crippen LogP contribution < -0.4 is 5.32 Å². The van der Waals surface area contributed by atoms with Crippen LogP contribution in [0.25, 0.3) is 9.88 Å². The lowest BCUT2D eigenvalue weighted by Crippen LogP contribution is -2.34. The van der Waals surface area contributed by atoms with Crippen LogP contribution in [0.5, 0.6) is 0 Å². The van der Waals surface area contributed by atoms with Crippen LogP contribution in [0.2, 0.25) is 0 Å². The summed E-state index contributed by atoms with van der Waals surface area (Å²) < 4.78 is 1.13. The molecule has 0 saturated heterocycles. The van der Waals surface area contributed by atoms with Crippen molar-refractivity contribution in [1.29, 1.82) is 0 Å². The van der Waals surface area contributed by atoms with Gasteiger partial charge in [0.25, 0.3) is 0 Å². The third-order valence-corrected chi connectivity index (χ3v) is 4.98. The lowest BCUT2D eigenvalue weighted by molar-refractivity contribution is 0.426. The zero-order valence-corrected chi connectivity index (χ0v) is 13.3. The first-order chi connectivity index (χ1) is 7.94. The Morgan fingerprint density at radius 3 is 2.76 bits per heavy atom. The first-order valence-electron chi connectivity index (χ1n) is 5.38. The Morgan fingerprint density at radius 1 is 1.41 bits per heavy atom. The second kappa shape index (κ2) is 5.18. The molecular weight excluding hydrogens is 316 g/mol. The number of aromatic nitrogens is 1. The SMILES string of the molecule is CC(C)(C)NCc1cnc(-c2cc(Br)cs2)s1. The van der Waals surface area contributed by atoms with E-state index in [9.17, 15) is 0 Å². The number of hydrogen-bond donors (Lipinski definition) is 1. The monoisotopic (exact) mass is 330 g/mol. The number of rotatable bonds is 3. The molecule has 2 aromatic rings. The highest BCUT2D eigenvalue weighted by atomic mass is 79.9. The van der Waals surface area contributed by atoms with Gasteiger partial charge < -0.3 is 5.32 Å². The van der Waals surface area contributed by atoms with Crippen molar-refractivity contribution in [3.8, 4) is 9.88 Å². The molecule has 0 aliphatic carbocycles. The van der Waals surface area contributed by atoms with E-state index in [-0.39, 0.29) is 5.54 Å². The summed E-state index contributed by atoms with van der Waals surface area (Å²) in [5, 5.41) is 6.66. The van der Waals surface area contributed by atoms with Gasteiger partial charge in [0.1, 0.15) is 5.01 Å². The molecule has 0 aliphatic heterocycles. The van der Waals surface area contributed by atoms with E-state index in [0.717, 1.165) is 16.0 Å². The molecule has 2 rings (SSSR count). The molecule has 0 aliphatic rings. The van der Waals surface area contributed by atoms with Gasteiger partial charge in [-0.25, -0.2) is 4.98 Å². The second-order valence-electron chi connectivity index (χ2n) is 4.86. The molecule has 0 spiro atoms. The minimum Gasteiger partial charge on any atom is -0.307 e. The van der Waals surface area contributed by atoms with Gasteiger partial charge in [-0.15, -0.1) is 22.7 Å². The van der Waals surface area contributed by atoms with Gasteiger partial charge in [-0.05, 0) is 42.8 Å². The van der Waals surface area contributed by atoms with E-state index >= 15 is 0 Å². The molecule has 0 amide bonds. The molecule has 2 heterocycles. The topological polar surface area (TPSA) is 24.9 Å². The van der Waals surface area contributed by atoms with Crippen molar-refractivity contribution in [3.05, 3.63) is 27.0 Å². The fourth-order valence-electron chi connectivity index (χ4n) is 1.28. The molecule has 2 aromatic heterocycles. The van der Waals surface area contributed by atoms with Crippen LogP contribution in [0.15, 0.2) is 22.1 Å². The number of nitrogens with zero attached hydrogens (tertiary/aromatic N) is 1. The van der Waals surface area contributed by atoms with Gasteiger partial charge >= 0.3 is 0 Å². The van der Waals surface area contributed by atoms with E-state index in [2.05, 4.69) is 58.4 Å². The van der Waals surface area contributed by atoms with Crippen molar-refractivity contribution in [3.63, 3.8) is 0 Å². The van der Waals surface area contributed by atoms with Gasteiger partial charge in [0.2, 0.25) is 0 Å². The van der Waals surface area contributed by atoms with E-state index in [0.29, 0.717) is 0 Å². The summed E-state index contributed by atoms with van der Waals surface area (Å²) >= 11 is 6.94. The first-order valence-corrected chi connectivity index (χ1v) is 7.87. The van der Waals surface area contributed by atoms with Crippen LogP contribution >= 0.6 is 38.6 Å². The van der Waals surface area contributed by atoms with Gasteiger partial charge in [0.05, 0.1) is 4.88 Å². The predicted octanol–water partition coefficient (Wildman–Crippen LogP) is 4.52. The Bertz CT molecular complexity index is 497. The average molecular weight is 331 g/mol. The smallest absolute Gasteiger partial charge is 0.133 e. The molecule has 92 valence electrons. The van der Waals surface area contributed by atoms with Crippen LogP contribution in [-0.4, -0.2) is 10.5 Å². The second-order valence-corrected chi connectivity index (χ2v) is 7.81. The fraction of sp³-hybridized carbons (Fsp3) is 0.417. The van der Waals surface area contributed by atoms with Gasteiger partial charge in [0.15, 0.2) is 0 Å². The van der Waals surface area contributed by atoms with E-state index < -0.39 is 0 Å². The largest absolute Gasteiger partial charge is 0.307 e. The van der Waals surface area contributed by atoms with Crippen LogP contribution in [-0.2, 0) is 6.54 Å². The van der Waals surface area contributed by atoms with Crippen molar-refractivity contribution in [2.24, 2.45) is 0 Å². The van der Waals surface area contributed by atoms with Crippen molar-refractivity contribution >= 4 is 38.6 Å². The Balaban J connectivity index is 2.06. The highest BCUT2D eigenvalue weighted by Crippen LogP contribution is 2.32. The van der Waals surface area contributed by atoms with E-state index in [1.54, 1.807) is 22.7 Å². The Morgan fingerprint density at radius 2 is 2.18 bits per heavy atom.